The lowest BCUT2D eigenvalue weighted by Gasteiger charge is -2.04. The monoisotopic (exact) mass is 230 g/mol. The number of non-ortho nitro benzene ring substituents is 1. The molecule has 0 bridgehead atoms. The molecule has 0 aliphatic rings. The topological polar surface area (TPSA) is 76.0 Å². The summed E-state index contributed by atoms with van der Waals surface area (Å²) < 4.78 is 0. The Kier molecular flexibility index (Phi) is 2.74. The molecule has 1 aromatic heterocycles. The maximum atomic E-state index is 11.7. The molecule has 2 rings (SSSR count). The lowest BCUT2D eigenvalue weighted by molar-refractivity contribution is -0.384. The van der Waals surface area contributed by atoms with Crippen molar-refractivity contribution in [3.63, 3.8) is 0 Å². The molecule has 0 saturated carbocycles. The van der Waals surface area contributed by atoms with Gasteiger partial charge >= 0.3 is 0 Å². The highest BCUT2D eigenvalue weighted by molar-refractivity contribution is 5.67. The van der Waals surface area contributed by atoms with Gasteiger partial charge in [0, 0.05) is 35.7 Å². The number of aromatic amines is 1. The fraction of sp³-hybridized carbons (Fsp3) is 0.0833. The Bertz CT molecular complexity index is 632. The number of nitrogens with zero attached hydrogens (tertiary/aromatic N) is 1. The summed E-state index contributed by atoms with van der Waals surface area (Å²) in [5.41, 5.74) is 1.54. The third-order valence-corrected chi connectivity index (χ3v) is 2.50. The molecule has 0 aliphatic heterocycles. The van der Waals surface area contributed by atoms with Crippen LogP contribution >= 0.6 is 0 Å². The Hall–Kier alpha value is -2.43. The van der Waals surface area contributed by atoms with E-state index in [0.717, 1.165) is 0 Å². The fourth-order valence-electron chi connectivity index (χ4n) is 1.72. The molecule has 0 spiro atoms. The van der Waals surface area contributed by atoms with E-state index in [0.29, 0.717) is 16.8 Å². The van der Waals surface area contributed by atoms with Gasteiger partial charge in [0.1, 0.15) is 0 Å². The molecule has 5 nitrogen and oxygen atoms in total. The Morgan fingerprint density at radius 3 is 2.71 bits per heavy atom. The molecule has 1 N–H and O–H groups in total. The van der Waals surface area contributed by atoms with Crippen molar-refractivity contribution >= 4 is 5.69 Å². The predicted octanol–water partition coefficient (Wildman–Crippen LogP) is 2.26. The second kappa shape index (κ2) is 4.21. The lowest BCUT2D eigenvalue weighted by atomic mass is 10.0. The molecular weight excluding hydrogens is 220 g/mol. The fourth-order valence-corrected chi connectivity index (χ4v) is 1.72. The zero-order valence-electron chi connectivity index (χ0n) is 9.14. The molecule has 17 heavy (non-hydrogen) atoms. The number of aryl methyl sites for hydroxylation is 1. The first-order valence-corrected chi connectivity index (χ1v) is 5.02. The number of pyridine rings is 1. The number of nitro groups is 1. The van der Waals surface area contributed by atoms with Crippen LogP contribution in [0, 0.1) is 17.0 Å². The highest BCUT2D eigenvalue weighted by Crippen LogP contribution is 2.22. The third kappa shape index (κ3) is 2.08. The van der Waals surface area contributed by atoms with E-state index in [9.17, 15) is 14.9 Å². The van der Waals surface area contributed by atoms with Gasteiger partial charge in [-0.3, -0.25) is 14.9 Å². The highest BCUT2D eigenvalue weighted by atomic mass is 16.6. The summed E-state index contributed by atoms with van der Waals surface area (Å²) in [4.78, 5) is 24.8. The molecule has 2 aromatic rings. The van der Waals surface area contributed by atoms with Gasteiger partial charge in [0.25, 0.3) is 5.69 Å². The Morgan fingerprint density at radius 2 is 2.06 bits per heavy atom. The van der Waals surface area contributed by atoms with Crippen molar-refractivity contribution in [1.82, 2.24) is 4.98 Å². The third-order valence-electron chi connectivity index (χ3n) is 2.50. The van der Waals surface area contributed by atoms with E-state index in [4.69, 9.17) is 0 Å². The molecule has 1 heterocycles. The van der Waals surface area contributed by atoms with Crippen LogP contribution in [0.1, 0.15) is 5.69 Å². The maximum absolute atomic E-state index is 11.7. The van der Waals surface area contributed by atoms with E-state index in [2.05, 4.69) is 4.98 Å². The van der Waals surface area contributed by atoms with Crippen LogP contribution in [0.25, 0.3) is 11.1 Å². The summed E-state index contributed by atoms with van der Waals surface area (Å²) in [6.07, 6.45) is 1.55. The normalized spacial score (nSPS) is 10.2. The number of H-pyrrole nitrogens is 1. The summed E-state index contributed by atoms with van der Waals surface area (Å²) in [6, 6.07) is 7.46. The summed E-state index contributed by atoms with van der Waals surface area (Å²) in [6.45, 7) is 1.76. The molecule has 0 atom stereocenters. The minimum Gasteiger partial charge on any atom is -0.364 e. The van der Waals surface area contributed by atoms with Crippen molar-refractivity contribution in [3.8, 4) is 11.1 Å². The second-order valence-corrected chi connectivity index (χ2v) is 3.65. The van der Waals surface area contributed by atoms with Crippen LogP contribution in [0.2, 0.25) is 0 Å². The van der Waals surface area contributed by atoms with Crippen LogP contribution in [0.4, 0.5) is 5.69 Å². The summed E-state index contributed by atoms with van der Waals surface area (Å²) in [5.74, 6) is 0. The number of benzene rings is 1. The maximum Gasteiger partial charge on any atom is 0.270 e. The molecular formula is C12H10N2O3. The summed E-state index contributed by atoms with van der Waals surface area (Å²) in [7, 11) is 0. The van der Waals surface area contributed by atoms with Gasteiger partial charge in [-0.2, -0.15) is 0 Å². The van der Waals surface area contributed by atoms with Gasteiger partial charge in [0.2, 0.25) is 0 Å². The van der Waals surface area contributed by atoms with Crippen LogP contribution in [0.5, 0.6) is 0 Å². The van der Waals surface area contributed by atoms with Crippen LogP contribution in [-0.4, -0.2) is 9.91 Å². The first-order chi connectivity index (χ1) is 8.09. The highest BCUT2D eigenvalue weighted by Gasteiger charge is 2.11. The van der Waals surface area contributed by atoms with Gasteiger partial charge in [0.15, 0.2) is 5.43 Å². The first kappa shape index (κ1) is 11.1. The van der Waals surface area contributed by atoms with Crippen molar-refractivity contribution in [2.75, 3.05) is 0 Å². The Morgan fingerprint density at radius 1 is 1.29 bits per heavy atom. The molecule has 0 fully saturated rings. The predicted molar refractivity (Wildman–Crippen MR) is 63.9 cm³/mol. The quantitative estimate of drug-likeness (QED) is 0.635. The smallest absolute Gasteiger partial charge is 0.270 e. The van der Waals surface area contributed by atoms with Gasteiger partial charge in [-0.25, -0.2) is 0 Å². The van der Waals surface area contributed by atoms with E-state index in [1.165, 1.54) is 18.2 Å². The Balaban J connectivity index is 2.65. The number of aromatic nitrogens is 1. The molecule has 5 heteroatoms. The zero-order chi connectivity index (χ0) is 12.4. The summed E-state index contributed by atoms with van der Waals surface area (Å²) >= 11 is 0. The average molecular weight is 230 g/mol. The number of hydrogen-bond donors (Lipinski definition) is 1. The molecule has 0 unspecified atom stereocenters. The van der Waals surface area contributed by atoms with Crippen molar-refractivity contribution in [1.29, 1.82) is 0 Å². The largest absolute Gasteiger partial charge is 0.364 e. The number of nitro benzene ring substituents is 1. The van der Waals surface area contributed by atoms with E-state index in [-0.39, 0.29) is 11.1 Å². The van der Waals surface area contributed by atoms with Crippen molar-refractivity contribution < 1.29 is 4.92 Å². The molecule has 0 radical (unpaired) electrons. The van der Waals surface area contributed by atoms with Gasteiger partial charge < -0.3 is 4.98 Å². The standard InChI is InChI=1S/C12H10N2O3/c1-8-12(11(15)5-6-13-8)9-3-2-4-10(7-9)14(16)17/h2-7H,1H3,(H,13,15). The van der Waals surface area contributed by atoms with Gasteiger partial charge in [-0.1, -0.05) is 12.1 Å². The minimum absolute atomic E-state index is 0.0230. The molecule has 86 valence electrons. The molecule has 0 amide bonds. The molecule has 1 aromatic carbocycles. The second-order valence-electron chi connectivity index (χ2n) is 3.65. The molecule has 0 saturated heterocycles. The number of nitrogens with one attached hydrogen (secondary N) is 1. The van der Waals surface area contributed by atoms with Crippen LogP contribution < -0.4 is 5.43 Å². The van der Waals surface area contributed by atoms with E-state index in [1.54, 1.807) is 25.3 Å². The van der Waals surface area contributed by atoms with Crippen molar-refractivity contribution in [3.05, 3.63) is 62.6 Å². The lowest BCUT2D eigenvalue weighted by Crippen LogP contribution is -2.06. The van der Waals surface area contributed by atoms with E-state index < -0.39 is 4.92 Å². The minimum atomic E-state index is -0.476. The van der Waals surface area contributed by atoms with Crippen LogP contribution in [-0.2, 0) is 0 Å². The van der Waals surface area contributed by atoms with Crippen molar-refractivity contribution in [2.45, 2.75) is 6.92 Å². The van der Waals surface area contributed by atoms with E-state index >= 15 is 0 Å². The van der Waals surface area contributed by atoms with E-state index in [1.807, 2.05) is 0 Å². The zero-order valence-corrected chi connectivity index (χ0v) is 9.14. The molecule has 0 aliphatic carbocycles. The van der Waals surface area contributed by atoms with Crippen molar-refractivity contribution in [2.24, 2.45) is 0 Å². The Labute approximate surface area is 96.9 Å². The van der Waals surface area contributed by atoms with Crippen LogP contribution in [0.15, 0.2) is 41.3 Å². The number of rotatable bonds is 2. The SMILES string of the molecule is Cc1[nH]ccc(=O)c1-c1cccc([N+](=O)[O-])c1. The van der Waals surface area contributed by atoms with Gasteiger partial charge in [-0.05, 0) is 12.5 Å². The van der Waals surface area contributed by atoms with Gasteiger partial charge in [-0.15, -0.1) is 0 Å². The number of hydrogen-bond acceptors (Lipinski definition) is 3. The average Bonchev–Trinajstić information content (AvgIpc) is 2.29. The van der Waals surface area contributed by atoms with Gasteiger partial charge in [0.05, 0.1) is 4.92 Å². The summed E-state index contributed by atoms with van der Waals surface area (Å²) in [5, 5.41) is 10.7. The van der Waals surface area contributed by atoms with Crippen LogP contribution in [0.3, 0.4) is 0 Å². The first-order valence-electron chi connectivity index (χ1n) is 5.02.